The second kappa shape index (κ2) is 9.06. The van der Waals surface area contributed by atoms with Crippen LogP contribution in [0.3, 0.4) is 0 Å². The zero-order valence-electron chi connectivity index (χ0n) is 16.0. The van der Waals surface area contributed by atoms with Gasteiger partial charge in [-0.3, -0.25) is 4.90 Å². The Balaban J connectivity index is 1.56. The first kappa shape index (κ1) is 18.7. The number of ether oxygens (including phenoxy) is 3. The van der Waals surface area contributed by atoms with E-state index in [0.29, 0.717) is 6.61 Å². The van der Waals surface area contributed by atoms with Gasteiger partial charge in [0.15, 0.2) is 0 Å². The third kappa shape index (κ3) is 4.77. The summed E-state index contributed by atoms with van der Waals surface area (Å²) in [5.41, 5.74) is 3.83. The smallest absolute Gasteiger partial charge is 0.124 e. The minimum atomic E-state index is 0.580. The van der Waals surface area contributed by atoms with E-state index in [1.165, 1.54) is 17.5 Å². The molecule has 2 aromatic rings. The third-order valence-electron chi connectivity index (χ3n) is 5.10. The largest absolute Gasteiger partial charge is 0.497 e. The number of nitrogens with zero attached hydrogens (tertiary/aromatic N) is 1. The van der Waals surface area contributed by atoms with Crippen LogP contribution < -0.4 is 9.47 Å². The Kier molecular flexibility index (Phi) is 6.53. The zero-order chi connectivity index (χ0) is 18.4. The van der Waals surface area contributed by atoms with Crippen LogP contribution in [0.25, 0.3) is 0 Å². The molecule has 0 spiro atoms. The second-order valence-electron chi connectivity index (χ2n) is 7.02. The van der Waals surface area contributed by atoms with E-state index in [1.54, 1.807) is 21.3 Å². The molecule has 3 rings (SSSR count). The van der Waals surface area contributed by atoms with Crippen molar-refractivity contribution in [3.63, 3.8) is 0 Å². The molecule has 0 saturated carbocycles. The highest BCUT2D eigenvalue weighted by molar-refractivity contribution is 5.37. The van der Waals surface area contributed by atoms with E-state index in [0.717, 1.165) is 49.0 Å². The maximum atomic E-state index is 5.42. The molecule has 0 radical (unpaired) electrons. The quantitative estimate of drug-likeness (QED) is 0.718. The maximum Gasteiger partial charge on any atom is 0.124 e. The van der Waals surface area contributed by atoms with Crippen LogP contribution in [0.15, 0.2) is 42.5 Å². The standard InChI is InChI=1S/C22H29NO3/c1-24-16-20-13-18(6-9-22(20)26-3)14-23-11-10-19(15-23)12-17-4-7-21(25-2)8-5-17/h4-9,13,19H,10-12,14-16H2,1-3H3. The lowest BCUT2D eigenvalue weighted by Crippen LogP contribution is -2.20. The molecule has 140 valence electrons. The molecule has 1 heterocycles. The maximum absolute atomic E-state index is 5.42. The van der Waals surface area contributed by atoms with Crippen molar-refractivity contribution in [2.45, 2.75) is 26.0 Å². The molecule has 0 amide bonds. The van der Waals surface area contributed by atoms with E-state index in [9.17, 15) is 0 Å². The van der Waals surface area contributed by atoms with Gasteiger partial charge in [0.1, 0.15) is 11.5 Å². The van der Waals surface area contributed by atoms with Crippen LogP contribution in [-0.4, -0.2) is 39.3 Å². The predicted octanol–water partition coefficient (Wildman–Crippen LogP) is 3.91. The summed E-state index contributed by atoms with van der Waals surface area (Å²) in [6, 6.07) is 14.9. The van der Waals surface area contributed by atoms with Crippen LogP contribution in [0.5, 0.6) is 11.5 Å². The Hall–Kier alpha value is -2.04. The van der Waals surface area contributed by atoms with Gasteiger partial charge >= 0.3 is 0 Å². The predicted molar refractivity (Wildman–Crippen MR) is 104 cm³/mol. The summed E-state index contributed by atoms with van der Waals surface area (Å²) < 4.78 is 16.0. The lowest BCUT2D eigenvalue weighted by molar-refractivity contribution is 0.181. The van der Waals surface area contributed by atoms with E-state index >= 15 is 0 Å². The van der Waals surface area contributed by atoms with Crippen LogP contribution in [0.2, 0.25) is 0 Å². The summed E-state index contributed by atoms with van der Waals surface area (Å²) in [7, 11) is 5.13. The van der Waals surface area contributed by atoms with Crippen LogP contribution in [-0.2, 0) is 24.3 Å². The molecule has 1 atom stereocenters. The van der Waals surface area contributed by atoms with Gasteiger partial charge in [-0.25, -0.2) is 0 Å². The molecule has 2 aromatic carbocycles. The Labute approximate surface area is 156 Å². The molecule has 0 aromatic heterocycles. The molecular formula is C22H29NO3. The molecule has 26 heavy (non-hydrogen) atoms. The van der Waals surface area contributed by atoms with Crippen molar-refractivity contribution in [3.8, 4) is 11.5 Å². The second-order valence-corrected chi connectivity index (χ2v) is 7.02. The molecule has 4 nitrogen and oxygen atoms in total. The number of rotatable bonds is 8. The molecule has 1 aliphatic rings. The number of hydrogen-bond acceptors (Lipinski definition) is 4. The fraction of sp³-hybridized carbons (Fsp3) is 0.455. The summed E-state index contributed by atoms with van der Waals surface area (Å²) in [6.45, 7) is 3.88. The highest BCUT2D eigenvalue weighted by Crippen LogP contribution is 2.26. The molecular weight excluding hydrogens is 326 g/mol. The summed E-state index contributed by atoms with van der Waals surface area (Å²) in [5.74, 6) is 2.54. The Morgan fingerprint density at radius 1 is 0.962 bits per heavy atom. The van der Waals surface area contributed by atoms with Gasteiger partial charge in [0.25, 0.3) is 0 Å². The molecule has 0 N–H and O–H groups in total. The molecule has 1 fully saturated rings. The van der Waals surface area contributed by atoms with Crippen LogP contribution >= 0.6 is 0 Å². The molecule has 4 heteroatoms. The van der Waals surface area contributed by atoms with Crippen molar-refractivity contribution in [2.75, 3.05) is 34.4 Å². The van der Waals surface area contributed by atoms with Gasteiger partial charge < -0.3 is 14.2 Å². The van der Waals surface area contributed by atoms with Gasteiger partial charge in [0.2, 0.25) is 0 Å². The molecule has 0 aliphatic carbocycles. The van der Waals surface area contributed by atoms with Crippen LogP contribution in [0.4, 0.5) is 0 Å². The summed E-state index contributed by atoms with van der Waals surface area (Å²) >= 11 is 0. The van der Waals surface area contributed by atoms with E-state index in [-0.39, 0.29) is 0 Å². The van der Waals surface area contributed by atoms with Crippen molar-refractivity contribution in [2.24, 2.45) is 5.92 Å². The highest BCUT2D eigenvalue weighted by Gasteiger charge is 2.23. The van der Waals surface area contributed by atoms with Crippen molar-refractivity contribution in [3.05, 3.63) is 59.2 Å². The lowest BCUT2D eigenvalue weighted by atomic mass is 9.99. The van der Waals surface area contributed by atoms with Crippen molar-refractivity contribution >= 4 is 0 Å². The number of hydrogen-bond donors (Lipinski definition) is 0. The molecule has 0 bridgehead atoms. The SMILES string of the molecule is COCc1cc(CN2CCC(Cc3ccc(OC)cc3)C2)ccc1OC. The van der Waals surface area contributed by atoms with Gasteiger partial charge in [-0.15, -0.1) is 0 Å². The minimum Gasteiger partial charge on any atom is -0.497 e. The molecule has 1 unspecified atom stereocenters. The normalized spacial score (nSPS) is 17.4. The highest BCUT2D eigenvalue weighted by atomic mass is 16.5. The van der Waals surface area contributed by atoms with E-state index < -0.39 is 0 Å². The number of benzene rings is 2. The Morgan fingerprint density at radius 3 is 2.42 bits per heavy atom. The molecule has 1 aliphatic heterocycles. The van der Waals surface area contributed by atoms with E-state index in [4.69, 9.17) is 14.2 Å². The Bertz CT molecular complexity index is 699. The van der Waals surface area contributed by atoms with Crippen molar-refractivity contribution in [1.82, 2.24) is 4.90 Å². The Morgan fingerprint density at radius 2 is 1.73 bits per heavy atom. The molecule has 1 saturated heterocycles. The zero-order valence-corrected chi connectivity index (χ0v) is 16.0. The topological polar surface area (TPSA) is 30.9 Å². The van der Waals surface area contributed by atoms with E-state index in [2.05, 4.69) is 47.4 Å². The minimum absolute atomic E-state index is 0.580. The first-order valence-corrected chi connectivity index (χ1v) is 9.22. The van der Waals surface area contributed by atoms with Crippen LogP contribution in [0.1, 0.15) is 23.1 Å². The summed E-state index contributed by atoms with van der Waals surface area (Å²) in [6.07, 6.45) is 2.39. The van der Waals surface area contributed by atoms with Gasteiger partial charge in [0.05, 0.1) is 20.8 Å². The van der Waals surface area contributed by atoms with Gasteiger partial charge in [0, 0.05) is 25.8 Å². The fourth-order valence-electron chi connectivity index (χ4n) is 3.77. The average molecular weight is 355 g/mol. The summed E-state index contributed by atoms with van der Waals surface area (Å²) in [4.78, 5) is 2.55. The van der Waals surface area contributed by atoms with Gasteiger partial charge in [-0.1, -0.05) is 18.2 Å². The van der Waals surface area contributed by atoms with Crippen LogP contribution in [0, 0.1) is 5.92 Å². The fourth-order valence-corrected chi connectivity index (χ4v) is 3.77. The third-order valence-corrected chi connectivity index (χ3v) is 5.10. The van der Waals surface area contributed by atoms with Gasteiger partial charge in [-0.2, -0.15) is 0 Å². The number of methoxy groups -OCH3 is 3. The van der Waals surface area contributed by atoms with E-state index in [1.807, 2.05) is 0 Å². The lowest BCUT2D eigenvalue weighted by Gasteiger charge is -2.18. The monoisotopic (exact) mass is 355 g/mol. The first-order chi connectivity index (χ1) is 12.7. The first-order valence-electron chi connectivity index (χ1n) is 9.22. The average Bonchev–Trinajstić information content (AvgIpc) is 3.10. The number of likely N-dealkylation sites (tertiary alicyclic amines) is 1. The van der Waals surface area contributed by atoms with Crippen molar-refractivity contribution in [1.29, 1.82) is 0 Å². The van der Waals surface area contributed by atoms with Gasteiger partial charge in [-0.05, 0) is 60.7 Å². The van der Waals surface area contributed by atoms with Crippen molar-refractivity contribution < 1.29 is 14.2 Å². The summed E-state index contributed by atoms with van der Waals surface area (Å²) in [5, 5.41) is 0.